The number of halogens is 3. The molecule has 0 unspecified atom stereocenters. The first-order chi connectivity index (χ1) is 7.43. The standard InChI is InChI=1S/C10H6F3NOS/c11-10(12,13)5-1-2-8-6(3-5)7(4-16)9(15)14-8/h1-3,16H,4H2. The lowest BCUT2D eigenvalue weighted by molar-refractivity contribution is -0.137. The summed E-state index contributed by atoms with van der Waals surface area (Å²) in [5.74, 6) is -0.430. The van der Waals surface area contributed by atoms with E-state index in [1.807, 2.05) is 0 Å². The molecule has 1 aliphatic rings. The van der Waals surface area contributed by atoms with Crippen LogP contribution < -0.4 is 10.6 Å². The molecule has 0 N–H and O–H groups in total. The Hall–Kier alpha value is -1.30. The lowest BCUT2D eigenvalue weighted by Crippen LogP contribution is -2.25. The number of amides is 1. The van der Waals surface area contributed by atoms with E-state index in [-0.39, 0.29) is 21.9 Å². The summed E-state index contributed by atoms with van der Waals surface area (Å²) >= 11 is 3.91. The molecule has 0 saturated carbocycles. The van der Waals surface area contributed by atoms with Gasteiger partial charge in [-0.15, -0.1) is 0 Å². The molecule has 0 saturated heterocycles. The average Bonchev–Trinajstić information content (AvgIpc) is 2.50. The molecule has 1 aromatic carbocycles. The number of hydrogen-bond acceptors (Lipinski definition) is 2. The second-order valence-corrected chi connectivity index (χ2v) is 3.60. The normalized spacial score (nSPS) is 15.0. The van der Waals surface area contributed by atoms with Crippen molar-refractivity contribution in [2.75, 3.05) is 5.75 Å². The minimum atomic E-state index is -4.41. The maximum Gasteiger partial charge on any atom is 0.416 e. The number of carbonyl (C=O) groups is 1. The van der Waals surface area contributed by atoms with Crippen LogP contribution in [0.5, 0.6) is 0 Å². The molecule has 0 fully saturated rings. The largest absolute Gasteiger partial charge is 0.416 e. The van der Waals surface area contributed by atoms with Gasteiger partial charge in [0.05, 0.1) is 10.9 Å². The summed E-state index contributed by atoms with van der Waals surface area (Å²) in [5.41, 5.74) is -0.570. The zero-order valence-electron chi connectivity index (χ0n) is 7.88. The Kier molecular flexibility index (Phi) is 2.53. The van der Waals surface area contributed by atoms with Gasteiger partial charge in [0.1, 0.15) is 0 Å². The molecule has 1 heterocycles. The second-order valence-electron chi connectivity index (χ2n) is 3.28. The number of hydrogen-bond donors (Lipinski definition) is 1. The van der Waals surface area contributed by atoms with Gasteiger partial charge in [0.15, 0.2) is 0 Å². The molecule has 1 aromatic rings. The van der Waals surface area contributed by atoms with Crippen LogP contribution in [0.4, 0.5) is 13.2 Å². The second kappa shape index (κ2) is 3.62. The number of nitrogens with zero attached hydrogens (tertiary/aromatic N) is 1. The highest BCUT2D eigenvalue weighted by molar-refractivity contribution is 7.80. The van der Waals surface area contributed by atoms with E-state index >= 15 is 0 Å². The third-order valence-electron chi connectivity index (χ3n) is 2.29. The molecule has 0 aromatic heterocycles. The number of rotatable bonds is 1. The van der Waals surface area contributed by atoms with Crippen molar-refractivity contribution >= 4 is 24.1 Å². The predicted molar refractivity (Wildman–Crippen MR) is 54.5 cm³/mol. The monoisotopic (exact) mass is 245 g/mol. The smallest absolute Gasteiger partial charge is 0.267 e. The fraction of sp³-hybridized carbons (Fsp3) is 0.200. The van der Waals surface area contributed by atoms with Crippen LogP contribution in [-0.4, -0.2) is 11.7 Å². The van der Waals surface area contributed by atoms with Gasteiger partial charge in [0, 0.05) is 16.5 Å². The zero-order chi connectivity index (χ0) is 11.9. The molecular weight excluding hydrogens is 239 g/mol. The number of thiol groups is 1. The predicted octanol–water partition coefficient (Wildman–Crippen LogP) is 0.946. The Morgan fingerprint density at radius 1 is 1.31 bits per heavy atom. The summed E-state index contributed by atoms with van der Waals surface area (Å²) in [6.45, 7) is 0. The molecule has 0 atom stereocenters. The fourth-order valence-electron chi connectivity index (χ4n) is 1.50. The van der Waals surface area contributed by atoms with Crippen LogP contribution in [0, 0.1) is 0 Å². The van der Waals surface area contributed by atoms with E-state index in [1.165, 1.54) is 6.07 Å². The summed E-state index contributed by atoms with van der Waals surface area (Å²) < 4.78 is 37.3. The topological polar surface area (TPSA) is 29.4 Å². The molecule has 2 rings (SSSR count). The van der Waals surface area contributed by atoms with Crippen molar-refractivity contribution in [3.8, 4) is 0 Å². The van der Waals surface area contributed by atoms with E-state index in [1.54, 1.807) is 0 Å². The molecule has 0 radical (unpaired) electrons. The molecular formula is C10H6F3NOS. The fourth-order valence-corrected chi connectivity index (χ4v) is 1.80. The molecule has 1 amide bonds. The van der Waals surface area contributed by atoms with Crippen molar-refractivity contribution in [3.63, 3.8) is 0 Å². The van der Waals surface area contributed by atoms with Gasteiger partial charge < -0.3 is 0 Å². The van der Waals surface area contributed by atoms with Gasteiger partial charge in [0.2, 0.25) is 0 Å². The highest BCUT2D eigenvalue weighted by Gasteiger charge is 2.31. The van der Waals surface area contributed by atoms with Crippen LogP contribution in [0.15, 0.2) is 23.2 Å². The molecule has 1 aliphatic heterocycles. The van der Waals surface area contributed by atoms with Gasteiger partial charge in [-0.05, 0) is 18.2 Å². The van der Waals surface area contributed by atoms with Crippen molar-refractivity contribution in [2.24, 2.45) is 4.99 Å². The molecule has 0 spiro atoms. The number of alkyl halides is 3. The Balaban J connectivity index is 2.74. The number of carbonyl (C=O) groups excluding carboxylic acids is 1. The summed E-state index contributed by atoms with van der Waals surface area (Å²) in [5, 5.41) is 0.511. The Bertz CT molecular complexity index is 577. The molecule has 2 nitrogen and oxygen atoms in total. The minimum Gasteiger partial charge on any atom is -0.267 e. The summed E-state index contributed by atoms with van der Waals surface area (Å²) in [7, 11) is 0. The molecule has 0 bridgehead atoms. The quantitative estimate of drug-likeness (QED) is 0.733. The van der Waals surface area contributed by atoms with Crippen LogP contribution in [0.1, 0.15) is 5.56 Å². The molecule has 16 heavy (non-hydrogen) atoms. The SMILES string of the molecule is O=C1N=c2ccc(C(F)(F)F)cc2=C1CS. The van der Waals surface area contributed by atoms with Crippen LogP contribution in [0.25, 0.3) is 5.57 Å². The zero-order valence-corrected chi connectivity index (χ0v) is 8.77. The third-order valence-corrected chi connectivity index (χ3v) is 2.60. The molecule has 6 heteroatoms. The van der Waals surface area contributed by atoms with Crippen molar-refractivity contribution in [1.29, 1.82) is 0 Å². The van der Waals surface area contributed by atoms with Gasteiger partial charge >= 0.3 is 6.18 Å². The van der Waals surface area contributed by atoms with Crippen LogP contribution in [0.3, 0.4) is 0 Å². The van der Waals surface area contributed by atoms with Gasteiger partial charge in [-0.2, -0.15) is 25.8 Å². The van der Waals surface area contributed by atoms with Crippen LogP contribution in [0.2, 0.25) is 0 Å². The highest BCUT2D eigenvalue weighted by atomic mass is 32.1. The average molecular weight is 245 g/mol. The molecule has 84 valence electrons. The summed E-state index contributed by atoms with van der Waals surface area (Å²) in [4.78, 5) is 14.9. The van der Waals surface area contributed by atoms with E-state index in [0.717, 1.165) is 12.1 Å². The minimum absolute atomic E-state index is 0.0800. The number of fused-ring (bicyclic) bond motifs is 1. The van der Waals surface area contributed by atoms with E-state index in [4.69, 9.17) is 0 Å². The lowest BCUT2D eigenvalue weighted by Gasteiger charge is -2.05. The Morgan fingerprint density at radius 3 is 2.56 bits per heavy atom. The highest BCUT2D eigenvalue weighted by Crippen LogP contribution is 2.27. The van der Waals surface area contributed by atoms with Crippen molar-refractivity contribution in [1.82, 2.24) is 0 Å². The lowest BCUT2D eigenvalue weighted by atomic mass is 10.1. The van der Waals surface area contributed by atoms with Crippen molar-refractivity contribution < 1.29 is 18.0 Å². The van der Waals surface area contributed by atoms with E-state index in [2.05, 4.69) is 17.6 Å². The summed E-state index contributed by atoms with van der Waals surface area (Å²) in [6.07, 6.45) is -4.41. The summed E-state index contributed by atoms with van der Waals surface area (Å²) in [6, 6.07) is 3.05. The molecule has 0 aliphatic carbocycles. The number of benzene rings is 1. The Morgan fingerprint density at radius 2 is 2.00 bits per heavy atom. The first-order valence-corrected chi connectivity index (χ1v) is 5.01. The third kappa shape index (κ3) is 1.73. The maximum atomic E-state index is 12.4. The van der Waals surface area contributed by atoms with E-state index in [0.29, 0.717) is 0 Å². The van der Waals surface area contributed by atoms with Gasteiger partial charge in [0.25, 0.3) is 5.91 Å². The van der Waals surface area contributed by atoms with E-state index < -0.39 is 17.6 Å². The van der Waals surface area contributed by atoms with Crippen LogP contribution in [-0.2, 0) is 11.0 Å². The van der Waals surface area contributed by atoms with Crippen molar-refractivity contribution in [3.05, 3.63) is 34.3 Å². The first kappa shape index (κ1) is 11.2. The van der Waals surface area contributed by atoms with Crippen LogP contribution >= 0.6 is 12.6 Å². The van der Waals surface area contributed by atoms with Gasteiger partial charge in [-0.1, -0.05) is 0 Å². The van der Waals surface area contributed by atoms with Crippen molar-refractivity contribution in [2.45, 2.75) is 6.18 Å². The maximum absolute atomic E-state index is 12.4. The van der Waals surface area contributed by atoms with Gasteiger partial charge in [-0.3, -0.25) is 4.79 Å². The first-order valence-electron chi connectivity index (χ1n) is 4.38. The van der Waals surface area contributed by atoms with Gasteiger partial charge in [-0.25, -0.2) is 4.99 Å². The Labute approximate surface area is 93.9 Å². The van der Waals surface area contributed by atoms with E-state index in [9.17, 15) is 18.0 Å².